The van der Waals surface area contributed by atoms with Gasteiger partial charge in [-0.25, -0.2) is 8.78 Å². The van der Waals surface area contributed by atoms with Crippen molar-refractivity contribution in [2.45, 2.75) is 12.1 Å². The van der Waals surface area contributed by atoms with Gasteiger partial charge in [0.2, 0.25) is 4.77 Å². The van der Waals surface area contributed by atoms with Gasteiger partial charge in [0.15, 0.2) is 0 Å². The number of halogens is 2. The van der Waals surface area contributed by atoms with E-state index in [9.17, 15) is 17.2 Å². The number of para-hydroxylation sites is 1. The zero-order valence-electron chi connectivity index (χ0n) is 12.4. The van der Waals surface area contributed by atoms with Crippen molar-refractivity contribution in [2.75, 3.05) is 4.72 Å². The first kappa shape index (κ1) is 16.4. The molecule has 3 aromatic rings. The lowest BCUT2D eigenvalue weighted by Crippen LogP contribution is -2.17. The number of hydrogen-bond donors (Lipinski definition) is 1. The van der Waals surface area contributed by atoms with Crippen molar-refractivity contribution in [1.29, 1.82) is 0 Å². The number of benzene rings is 1. The maximum atomic E-state index is 13.6. The largest absolute Gasteiger partial charge is 0.308 e. The standard InChI is InChI=1S/C12H10F2N6O2S2/c1-6-15-10-16-11(17-20(10)12(23)19(6)2)24(21,22)18-9-7(13)4-3-5-8(9)14/h3-5,18H,1-2H3. The molecule has 0 unspecified atom stereocenters. The van der Waals surface area contributed by atoms with E-state index in [-0.39, 0.29) is 10.5 Å². The van der Waals surface area contributed by atoms with E-state index in [2.05, 4.69) is 15.1 Å². The molecule has 0 aliphatic heterocycles. The summed E-state index contributed by atoms with van der Waals surface area (Å²) in [6, 6.07) is 2.95. The molecule has 0 amide bonds. The third-order valence-corrected chi connectivity index (χ3v) is 4.80. The Morgan fingerprint density at radius 2 is 1.83 bits per heavy atom. The van der Waals surface area contributed by atoms with Crippen LogP contribution in [0.25, 0.3) is 5.78 Å². The topological polar surface area (TPSA) is 94.2 Å². The van der Waals surface area contributed by atoms with Crippen molar-refractivity contribution in [2.24, 2.45) is 7.05 Å². The summed E-state index contributed by atoms with van der Waals surface area (Å²) < 4.78 is 56.4. The number of aromatic nitrogens is 5. The molecular weight excluding hydrogens is 362 g/mol. The first-order valence-electron chi connectivity index (χ1n) is 6.48. The molecule has 0 radical (unpaired) electrons. The molecular formula is C12H10F2N6O2S2. The summed E-state index contributed by atoms with van der Waals surface area (Å²) >= 11 is 5.14. The highest BCUT2D eigenvalue weighted by molar-refractivity contribution is 7.92. The number of aryl methyl sites for hydroxylation is 1. The molecule has 0 spiro atoms. The van der Waals surface area contributed by atoms with E-state index in [1.54, 1.807) is 18.7 Å². The van der Waals surface area contributed by atoms with Gasteiger partial charge in [0.05, 0.1) is 0 Å². The molecule has 1 N–H and O–H groups in total. The van der Waals surface area contributed by atoms with Gasteiger partial charge >= 0.3 is 0 Å². The lowest BCUT2D eigenvalue weighted by atomic mass is 10.3. The summed E-state index contributed by atoms with van der Waals surface area (Å²) in [6.07, 6.45) is 0. The van der Waals surface area contributed by atoms with Crippen LogP contribution in [0.5, 0.6) is 0 Å². The predicted molar refractivity (Wildman–Crippen MR) is 82.5 cm³/mol. The van der Waals surface area contributed by atoms with Crippen LogP contribution in [0.2, 0.25) is 0 Å². The molecule has 0 aliphatic carbocycles. The van der Waals surface area contributed by atoms with Crippen LogP contribution < -0.4 is 4.72 Å². The van der Waals surface area contributed by atoms with Gasteiger partial charge in [0.1, 0.15) is 23.1 Å². The molecule has 0 saturated heterocycles. The van der Waals surface area contributed by atoms with Crippen LogP contribution in [0, 0.1) is 23.3 Å². The monoisotopic (exact) mass is 372 g/mol. The Morgan fingerprint density at radius 1 is 1.21 bits per heavy atom. The molecule has 8 nitrogen and oxygen atoms in total. The lowest BCUT2D eigenvalue weighted by molar-refractivity contribution is 0.578. The minimum atomic E-state index is -4.43. The average molecular weight is 372 g/mol. The second kappa shape index (κ2) is 5.56. The van der Waals surface area contributed by atoms with Gasteiger partial charge in [-0.15, -0.1) is 5.10 Å². The Morgan fingerprint density at radius 3 is 2.46 bits per heavy atom. The molecule has 0 saturated carbocycles. The van der Waals surface area contributed by atoms with Gasteiger partial charge in [-0.05, 0) is 31.3 Å². The zero-order chi connectivity index (χ0) is 17.6. The molecule has 3 rings (SSSR count). The molecule has 2 heterocycles. The van der Waals surface area contributed by atoms with E-state index < -0.39 is 32.5 Å². The average Bonchev–Trinajstić information content (AvgIpc) is 2.94. The predicted octanol–water partition coefficient (Wildman–Crippen LogP) is 1.58. The number of hydrogen-bond acceptors (Lipinski definition) is 6. The van der Waals surface area contributed by atoms with Crippen molar-refractivity contribution in [3.05, 3.63) is 40.4 Å². The van der Waals surface area contributed by atoms with E-state index >= 15 is 0 Å². The van der Waals surface area contributed by atoms with E-state index in [4.69, 9.17) is 12.2 Å². The lowest BCUT2D eigenvalue weighted by Gasteiger charge is -2.06. The fourth-order valence-electron chi connectivity index (χ4n) is 1.88. The SMILES string of the molecule is Cc1nc2nc(S(=O)(=O)Nc3c(F)cccc3F)nn2c(=S)n1C. The van der Waals surface area contributed by atoms with Gasteiger partial charge in [-0.2, -0.15) is 22.9 Å². The van der Waals surface area contributed by atoms with E-state index in [0.717, 1.165) is 22.7 Å². The number of anilines is 1. The summed E-state index contributed by atoms with van der Waals surface area (Å²) in [5.41, 5.74) is -0.815. The second-order valence-electron chi connectivity index (χ2n) is 4.81. The summed E-state index contributed by atoms with van der Waals surface area (Å²) in [6.45, 7) is 1.66. The molecule has 0 aliphatic rings. The minimum absolute atomic E-state index is 0.0371. The van der Waals surface area contributed by atoms with Gasteiger partial charge < -0.3 is 4.57 Å². The fraction of sp³-hybridized carbons (Fsp3) is 0.167. The second-order valence-corrected chi connectivity index (χ2v) is 6.75. The molecule has 0 atom stereocenters. The van der Waals surface area contributed by atoms with Crippen LogP contribution in [0.1, 0.15) is 5.82 Å². The highest BCUT2D eigenvalue weighted by Crippen LogP contribution is 2.21. The number of fused-ring (bicyclic) bond motifs is 1. The Balaban J connectivity index is 2.12. The van der Waals surface area contributed by atoms with Crippen LogP contribution in [0.3, 0.4) is 0 Å². The molecule has 12 heteroatoms. The molecule has 126 valence electrons. The van der Waals surface area contributed by atoms with Crippen molar-refractivity contribution in [3.63, 3.8) is 0 Å². The fourth-order valence-corrected chi connectivity index (χ4v) is 3.08. The highest BCUT2D eigenvalue weighted by Gasteiger charge is 2.25. The third kappa shape index (κ3) is 2.63. The van der Waals surface area contributed by atoms with Crippen LogP contribution in [0.4, 0.5) is 14.5 Å². The first-order chi connectivity index (χ1) is 11.2. The van der Waals surface area contributed by atoms with Gasteiger partial charge in [-0.3, -0.25) is 4.72 Å². The first-order valence-corrected chi connectivity index (χ1v) is 8.37. The number of sulfonamides is 1. The van der Waals surface area contributed by atoms with Crippen molar-refractivity contribution < 1.29 is 17.2 Å². The number of nitrogens with zero attached hydrogens (tertiary/aromatic N) is 5. The third-order valence-electron chi connectivity index (χ3n) is 3.23. The minimum Gasteiger partial charge on any atom is -0.308 e. The summed E-state index contributed by atoms with van der Waals surface area (Å²) in [7, 11) is -2.80. The Kier molecular flexibility index (Phi) is 3.80. The van der Waals surface area contributed by atoms with Crippen LogP contribution >= 0.6 is 12.2 Å². The number of rotatable bonds is 3. The molecule has 0 bridgehead atoms. The highest BCUT2D eigenvalue weighted by atomic mass is 32.2. The Labute approximate surface area is 139 Å². The zero-order valence-corrected chi connectivity index (χ0v) is 14.0. The number of nitrogens with one attached hydrogen (secondary N) is 1. The van der Waals surface area contributed by atoms with Crippen molar-refractivity contribution >= 4 is 33.7 Å². The Hall–Kier alpha value is -2.47. The summed E-state index contributed by atoms with van der Waals surface area (Å²) in [5, 5.41) is 3.06. The van der Waals surface area contributed by atoms with Crippen molar-refractivity contribution in [1.82, 2.24) is 24.1 Å². The van der Waals surface area contributed by atoms with Gasteiger partial charge in [0.25, 0.3) is 21.0 Å². The maximum Gasteiger partial charge on any atom is 0.299 e. The van der Waals surface area contributed by atoms with Crippen LogP contribution in [-0.4, -0.2) is 32.6 Å². The summed E-state index contributed by atoms with van der Waals surface area (Å²) in [4.78, 5) is 7.83. The van der Waals surface area contributed by atoms with E-state index in [0.29, 0.717) is 5.82 Å². The van der Waals surface area contributed by atoms with E-state index in [1.807, 2.05) is 0 Å². The molecule has 0 fully saturated rings. The van der Waals surface area contributed by atoms with Crippen LogP contribution in [-0.2, 0) is 17.1 Å². The van der Waals surface area contributed by atoms with Gasteiger partial charge in [-0.1, -0.05) is 6.07 Å². The van der Waals surface area contributed by atoms with Crippen LogP contribution in [0.15, 0.2) is 23.4 Å². The van der Waals surface area contributed by atoms with Gasteiger partial charge in [0, 0.05) is 7.05 Å². The molecule has 24 heavy (non-hydrogen) atoms. The normalized spacial score (nSPS) is 11.8. The Bertz CT molecular complexity index is 1100. The van der Waals surface area contributed by atoms with E-state index in [1.165, 1.54) is 4.57 Å². The maximum absolute atomic E-state index is 13.6. The summed E-state index contributed by atoms with van der Waals surface area (Å²) in [5.74, 6) is -1.67. The quantitative estimate of drug-likeness (QED) is 0.702. The molecule has 2 aromatic heterocycles. The molecule has 1 aromatic carbocycles. The smallest absolute Gasteiger partial charge is 0.299 e. The van der Waals surface area contributed by atoms with Crippen molar-refractivity contribution in [3.8, 4) is 0 Å².